The molecule has 1 saturated heterocycles. The summed E-state index contributed by atoms with van der Waals surface area (Å²) in [5.41, 5.74) is 2.14. The predicted molar refractivity (Wildman–Crippen MR) is 123 cm³/mol. The fourth-order valence-corrected chi connectivity index (χ4v) is 4.56. The first-order valence-electron chi connectivity index (χ1n) is 11.2. The highest BCUT2D eigenvalue weighted by Crippen LogP contribution is 2.38. The zero-order chi connectivity index (χ0) is 23.1. The van der Waals surface area contributed by atoms with Crippen LogP contribution >= 0.6 is 0 Å². The Labute approximate surface area is 190 Å². The Balaban J connectivity index is 1.38. The fraction of sp³-hybridized carbons (Fsp3) is 0.360. The number of carbonyl (C=O) groups is 1. The van der Waals surface area contributed by atoms with Gasteiger partial charge >= 0.3 is 5.97 Å². The van der Waals surface area contributed by atoms with Crippen molar-refractivity contribution < 1.29 is 19.4 Å². The third-order valence-electron chi connectivity index (χ3n) is 6.60. The average Bonchev–Trinajstić information content (AvgIpc) is 3.66. The number of aliphatic hydroxyl groups is 1. The van der Waals surface area contributed by atoms with Crippen LogP contribution in [0.1, 0.15) is 40.4 Å². The van der Waals surface area contributed by atoms with Gasteiger partial charge in [0.25, 0.3) is 0 Å². The lowest BCUT2D eigenvalue weighted by molar-refractivity contribution is 0.0695. The monoisotopic (exact) mass is 451 g/mol. The van der Waals surface area contributed by atoms with Gasteiger partial charge < -0.3 is 19.7 Å². The van der Waals surface area contributed by atoms with E-state index in [1.807, 2.05) is 33.7 Å². The molecule has 2 fully saturated rings. The molecule has 33 heavy (non-hydrogen) atoms. The number of aliphatic hydroxyl groups excluding tert-OH is 1. The molecular weight excluding hydrogens is 425 g/mol. The number of aromatic nitrogens is 1. The van der Waals surface area contributed by atoms with Gasteiger partial charge in [-0.15, -0.1) is 0 Å². The SMILES string of the molecule is O=C(O)c1cn(C2CC2)c2cc(N3CCN(Cc4ccc(CO)cc4)CC3)c(F)cc2c1=O. The van der Waals surface area contributed by atoms with Gasteiger partial charge in [0.1, 0.15) is 11.4 Å². The van der Waals surface area contributed by atoms with Gasteiger partial charge in [0, 0.05) is 50.3 Å². The van der Waals surface area contributed by atoms with E-state index in [0.29, 0.717) is 24.3 Å². The lowest BCUT2D eigenvalue weighted by atomic mass is 10.1. The van der Waals surface area contributed by atoms with Crippen LogP contribution in [0.25, 0.3) is 10.9 Å². The van der Waals surface area contributed by atoms with E-state index in [1.165, 1.54) is 17.8 Å². The molecular formula is C25H26FN3O4. The zero-order valence-electron chi connectivity index (χ0n) is 18.2. The van der Waals surface area contributed by atoms with Crippen LogP contribution in [0.15, 0.2) is 47.4 Å². The number of carboxylic acid groups (broad SMARTS) is 1. The molecule has 172 valence electrons. The first-order chi connectivity index (χ1) is 15.9. The zero-order valence-corrected chi connectivity index (χ0v) is 18.2. The highest BCUT2D eigenvalue weighted by Gasteiger charge is 2.28. The highest BCUT2D eigenvalue weighted by atomic mass is 19.1. The van der Waals surface area contributed by atoms with Crippen molar-refractivity contribution in [2.45, 2.75) is 32.0 Å². The van der Waals surface area contributed by atoms with Gasteiger partial charge in [0.15, 0.2) is 0 Å². The number of aromatic carboxylic acids is 1. The van der Waals surface area contributed by atoms with Crippen LogP contribution in [0.4, 0.5) is 10.1 Å². The van der Waals surface area contributed by atoms with Gasteiger partial charge in [-0.3, -0.25) is 9.69 Å². The Morgan fingerprint density at radius 2 is 1.70 bits per heavy atom. The molecule has 0 bridgehead atoms. The number of hydrogen-bond acceptors (Lipinski definition) is 5. The molecule has 0 amide bonds. The van der Waals surface area contributed by atoms with Crippen molar-refractivity contribution in [1.82, 2.24) is 9.47 Å². The first kappa shape index (κ1) is 21.6. The van der Waals surface area contributed by atoms with Crippen LogP contribution in [-0.4, -0.2) is 51.8 Å². The quantitative estimate of drug-likeness (QED) is 0.599. The summed E-state index contributed by atoms with van der Waals surface area (Å²) in [5.74, 6) is -1.79. The van der Waals surface area contributed by atoms with Gasteiger partial charge in [-0.05, 0) is 36.1 Å². The average molecular weight is 451 g/mol. The third kappa shape index (κ3) is 4.24. The van der Waals surface area contributed by atoms with Crippen molar-refractivity contribution >= 4 is 22.6 Å². The molecule has 7 nitrogen and oxygen atoms in total. The molecule has 1 aliphatic heterocycles. The van der Waals surface area contributed by atoms with Gasteiger partial charge in [-0.1, -0.05) is 24.3 Å². The third-order valence-corrected chi connectivity index (χ3v) is 6.60. The topological polar surface area (TPSA) is 86.0 Å². The maximum absolute atomic E-state index is 15.1. The van der Waals surface area contributed by atoms with Crippen LogP contribution in [0.3, 0.4) is 0 Å². The molecule has 2 heterocycles. The molecule has 1 aromatic heterocycles. The minimum absolute atomic E-state index is 0.0302. The number of fused-ring (bicyclic) bond motifs is 1. The van der Waals surface area contributed by atoms with E-state index in [2.05, 4.69) is 4.90 Å². The van der Waals surface area contributed by atoms with Crippen LogP contribution < -0.4 is 10.3 Å². The van der Waals surface area contributed by atoms with E-state index < -0.39 is 17.2 Å². The number of nitrogens with zero attached hydrogens (tertiary/aromatic N) is 3. The number of halogens is 1. The summed E-state index contributed by atoms with van der Waals surface area (Å²) < 4.78 is 16.9. The Hall–Kier alpha value is -3.23. The number of pyridine rings is 1. The Kier molecular flexibility index (Phi) is 5.64. The number of piperazine rings is 1. The largest absolute Gasteiger partial charge is 0.477 e. The second-order valence-corrected chi connectivity index (χ2v) is 8.87. The number of rotatable bonds is 6. The van der Waals surface area contributed by atoms with E-state index in [4.69, 9.17) is 0 Å². The van der Waals surface area contributed by atoms with Crippen molar-refractivity contribution in [3.63, 3.8) is 0 Å². The Morgan fingerprint density at radius 1 is 1.03 bits per heavy atom. The minimum Gasteiger partial charge on any atom is -0.477 e. The number of anilines is 1. The molecule has 2 N–H and O–H groups in total. The van der Waals surface area contributed by atoms with Crippen molar-refractivity contribution in [1.29, 1.82) is 0 Å². The molecule has 0 unspecified atom stereocenters. The van der Waals surface area contributed by atoms with E-state index in [9.17, 15) is 19.8 Å². The van der Waals surface area contributed by atoms with Crippen LogP contribution in [-0.2, 0) is 13.2 Å². The van der Waals surface area contributed by atoms with Gasteiger partial charge in [0.05, 0.1) is 17.8 Å². The second-order valence-electron chi connectivity index (χ2n) is 8.87. The molecule has 3 aromatic rings. The summed E-state index contributed by atoms with van der Waals surface area (Å²) >= 11 is 0. The summed E-state index contributed by atoms with van der Waals surface area (Å²) in [5, 5.41) is 18.7. The fourth-order valence-electron chi connectivity index (χ4n) is 4.56. The molecule has 5 rings (SSSR count). The maximum atomic E-state index is 15.1. The maximum Gasteiger partial charge on any atom is 0.341 e. The van der Waals surface area contributed by atoms with Crippen molar-refractivity contribution in [2.24, 2.45) is 0 Å². The lowest BCUT2D eigenvalue weighted by Gasteiger charge is -2.36. The van der Waals surface area contributed by atoms with E-state index in [1.54, 1.807) is 6.07 Å². The first-order valence-corrected chi connectivity index (χ1v) is 11.2. The number of benzene rings is 2. The molecule has 8 heteroatoms. The van der Waals surface area contributed by atoms with Gasteiger partial charge in [0.2, 0.25) is 5.43 Å². The molecule has 2 aromatic carbocycles. The van der Waals surface area contributed by atoms with E-state index in [0.717, 1.165) is 38.0 Å². The molecule has 2 aliphatic rings. The Bertz CT molecular complexity index is 1260. The molecule has 1 saturated carbocycles. The van der Waals surface area contributed by atoms with Crippen molar-refractivity contribution in [3.8, 4) is 0 Å². The minimum atomic E-state index is -1.29. The lowest BCUT2D eigenvalue weighted by Crippen LogP contribution is -2.46. The molecule has 0 atom stereocenters. The summed E-state index contributed by atoms with van der Waals surface area (Å²) in [6.07, 6.45) is 3.25. The Morgan fingerprint density at radius 3 is 2.30 bits per heavy atom. The number of carboxylic acids is 1. The van der Waals surface area contributed by atoms with Gasteiger partial charge in [-0.25, -0.2) is 9.18 Å². The van der Waals surface area contributed by atoms with Crippen molar-refractivity contribution in [3.05, 3.63) is 75.3 Å². The van der Waals surface area contributed by atoms with Crippen molar-refractivity contribution in [2.75, 3.05) is 31.1 Å². The smallest absolute Gasteiger partial charge is 0.341 e. The molecule has 0 spiro atoms. The summed E-state index contributed by atoms with van der Waals surface area (Å²) in [6.45, 7) is 3.66. The normalized spacial score (nSPS) is 17.0. The van der Waals surface area contributed by atoms with Crippen LogP contribution in [0.5, 0.6) is 0 Å². The van der Waals surface area contributed by atoms with Crippen LogP contribution in [0.2, 0.25) is 0 Å². The standard InChI is InChI=1S/C25H26FN3O4/c26-21-11-19-22(29(18-5-6-18)14-20(24(19)31)25(32)33)12-23(21)28-9-7-27(8-10-28)13-16-1-3-17(15-30)4-2-16/h1-4,11-12,14,18,30H,5-10,13,15H2,(H,32,33). The summed E-state index contributed by atoms with van der Waals surface area (Å²) in [7, 11) is 0. The van der Waals surface area contributed by atoms with Crippen LogP contribution in [0, 0.1) is 5.82 Å². The summed E-state index contributed by atoms with van der Waals surface area (Å²) in [6, 6.07) is 10.9. The predicted octanol–water partition coefficient (Wildman–Crippen LogP) is 2.99. The molecule has 1 aliphatic carbocycles. The van der Waals surface area contributed by atoms with Gasteiger partial charge in [-0.2, -0.15) is 0 Å². The van der Waals surface area contributed by atoms with E-state index in [-0.39, 0.29) is 23.6 Å². The summed E-state index contributed by atoms with van der Waals surface area (Å²) in [4.78, 5) is 28.5. The highest BCUT2D eigenvalue weighted by molar-refractivity contribution is 5.93. The number of hydrogen-bond donors (Lipinski definition) is 2. The second kappa shape index (κ2) is 8.61. The molecule has 0 radical (unpaired) electrons. The van der Waals surface area contributed by atoms with E-state index >= 15 is 4.39 Å².